The van der Waals surface area contributed by atoms with E-state index in [0.29, 0.717) is 25.9 Å². The minimum absolute atomic E-state index is 0.00236. The summed E-state index contributed by atoms with van der Waals surface area (Å²) in [6, 6.07) is -0.549. The largest absolute Gasteiger partial charge is 0.466 e. The molecule has 0 aromatic heterocycles. The van der Waals surface area contributed by atoms with Crippen LogP contribution in [-0.4, -0.2) is 47.4 Å². The molecule has 0 spiro atoms. The van der Waals surface area contributed by atoms with Crippen molar-refractivity contribution in [3.8, 4) is 0 Å². The highest BCUT2D eigenvalue weighted by Gasteiger charge is 2.20. The summed E-state index contributed by atoms with van der Waals surface area (Å²) >= 11 is 0. The van der Waals surface area contributed by atoms with Crippen molar-refractivity contribution in [1.82, 2.24) is 5.32 Å². The number of esters is 1. The van der Waals surface area contributed by atoms with E-state index in [2.05, 4.69) is 31.3 Å². The summed E-state index contributed by atoms with van der Waals surface area (Å²) in [5.74, 6) is -0.0421. The maximum absolute atomic E-state index is 12.5. The van der Waals surface area contributed by atoms with Gasteiger partial charge in [-0.3, -0.25) is 9.59 Å². The minimum atomic E-state index is -0.671. The van der Waals surface area contributed by atoms with Crippen LogP contribution in [0.4, 0.5) is 0 Å². The first-order valence-electron chi connectivity index (χ1n) is 29.9. The van der Waals surface area contributed by atoms with Gasteiger partial charge >= 0.3 is 5.97 Å². The van der Waals surface area contributed by atoms with E-state index in [1.807, 2.05) is 0 Å². The van der Waals surface area contributed by atoms with E-state index < -0.39 is 12.1 Å². The normalized spacial score (nSPS) is 12.6. The van der Waals surface area contributed by atoms with Gasteiger partial charge in [-0.15, -0.1) is 0 Å². The first-order valence-corrected chi connectivity index (χ1v) is 29.9. The zero-order chi connectivity index (χ0) is 47.9. The molecule has 0 saturated heterocycles. The molecule has 6 heteroatoms. The average Bonchev–Trinajstić information content (AvgIpc) is 3.32. The average molecular weight is 933 g/mol. The van der Waals surface area contributed by atoms with Crippen molar-refractivity contribution in [3.05, 3.63) is 12.2 Å². The molecule has 392 valence electrons. The number of allylic oxidation sites excluding steroid dienone is 2. The van der Waals surface area contributed by atoms with E-state index in [9.17, 15) is 19.8 Å². The number of rotatable bonds is 56. The fourth-order valence-electron chi connectivity index (χ4n) is 9.46. The van der Waals surface area contributed by atoms with Crippen LogP contribution in [0.5, 0.6) is 0 Å². The number of ether oxygens (including phenoxy) is 1. The van der Waals surface area contributed by atoms with Crippen molar-refractivity contribution in [2.24, 2.45) is 0 Å². The lowest BCUT2D eigenvalue weighted by Gasteiger charge is -2.22. The van der Waals surface area contributed by atoms with Crippen molar-refractivity contribution >= 4 is 11.9 Å². The predicted molar refractivity (Wildman–Crippen MR) is 287 cm³/mol. The minimum Gasteiger partial charge on any atom is -0.466 e. The van der Waals surface area contributed by atoms with Crippen LogP contribution in [0.2, 0.25) is 0 Å². The fourth-order valence-corrected chi connectivity index (χ4v) is 9.46. The van der Waals surface area contributed by atoms with Gasteiger partial charge in [-0.05, 0) is 51.4 Å². The second-order valence-corrected chi connectivity index (χ2v) is 20.7. The molecule has 0 aliphatic heterocycles. The van der Waals surface area contributed by atoms with Crippen molar-refractivity contribution in [3.63, 3.8) is 0 Å². The Labute approximate surface area is 412 Å². The summed E-state index contributed by atoms with van der Waals surface area (Å²) in [5, 5.41) is 23.3. The quantitative estimate of drug-likeness (QED) is 0.0321. The van der Waals surface area contributed by atoms with Crippen molar-refractivity contribution in [2.45, 2.75) is 347 Å². The maximum atomic E-state index is 12.5. The summed E-state index contributed by atoms with van der Waals surface area (Å²) < 4.78 is 5.48. The highest BCUT2D eigenvalue weighted by Crippen LogP contribution is 2.18. The third-order valence-corrected chi connectivity index (χ3v) is 14.1. The Hall–Kier alpha value is -1.40. The Morgan fingerprint density at radius 2 is 0.712 bits per heavy atom. The Kier molecular flexibility index (Phi) is 55.0. The molecular weight excluding hydrogens is 815 g/mol. The summed E-state index contributed by atoms with van der Waals surface area (Å²) in [6.45, 7) is 4.96. The van der Waals surface area contributed by atoms with Gasteiger partial charge in [0.2, 0.25) is 5.91 Å². The Balaban J connectivity index is 3.43. The molecule has 0 aromatic carbocycles. The molecule has 0 bridgehead atoms. The van der Waals surface area contributed by atoms with Crippen LogP contribution in [0.15, 0.2) is 12.2 Å². The van der Waals surface area contributed by atoms with Gasteiger partial charge in [-0.25, -0.2) is 0 Å². The predicted octanol–water partition coefficient (Wildman–Crippen LogP) is 18.5. The van der Waals surface area contributed by atoms with Crippen molar-refractivity contribution in [2.75, 3.05) is 13.2 Å². The molecule has 2 unspecified atom stereocenters. The first kappa shape index (κ1) is 64.6. The molecule has 0 fully saturated rings. The number of nitrogens with one attached hydrogen (secondary N) is 1. The zero-order valence-electron chi connectivity index (χ0n) is 44.7. The van der Waals surface area contributed by atoms with Gasteiger partial charge in [0.1, 0.15) is 0 Å². The lowest BCUT2D eigenvalue weighted by atomic mass is 10.0. The molecule has 6 nitrogen and oxygen atoms in total. The van der Waals surface area contributed by atoms with E-state index in [0.717, 1.165) is 51.4 Å². The maximum Gasteiger partial charge on any atom is 0.305 e. The molecule has 0 aliphatic rings. The molecule has 0 aliphatic carbocycles. The lowest BCUT2D eigenvalue weighted by Crippen LogP contribution is -2.45. The molecule has 3 N–H and O–H groups in total. The van der Waals surface area contributed by atoms with Crippen LogP contribution >= 0.6 is 0 Å². The highest BCUT2D eigenvalue weighted by atomic mass is 16.5. The fraction of sp³-hybridized carbons (Fsp3) is 0.933. The monoisotopic (exact) mass is 932 g/mol. The van der Waals surface area contributed by atoms with Crippen LogP contribution in [0.1, 0.15) is 335 Å². The second-order valence-electron chi connectivity index (χ2n) is 20.7. The van der Waals surface area contributed by atoms with Crippen LogP contribution in [0, 0.1) is 0 Å². The van der Waals surface area contributed by atoms with Crippen LogP contribution < -0.4 is 5.32 Å². The molecule has 1 amide bonds. The number of carbonyl (C=O) groups excluding carboxylic acids is 2. The first-order chi connectivity index (χ1) is 32.5. The summed E-state index contributed by atoms with van der Waals surface area (Å²) in [4.78, 5) is 24.5. The molecule has 0 saturated carbocycles. The Bertz CT molecular complexity index is 986. The zero-order valence-corrected chi connectivity index (χ0v) is 44.7. The Morgan fingerprint density at radius 3 is 1.08 bits per heavy atom. The van der Waals surface area contributed by atoms with Gasteiger partial charge in [0, 0.05) is 12.8 Å². The van der Waals surface area contributed by atoms with Crippen molar-refractivity contribution < 1.29 is 24.5 Å². The molecule has 0 aromatic rings. The van der Waals surface area contributed by atoms with E-state index in [-0.39, 0.29) is 18.5 Å². The summed E-state index contributed by atoms with van der Waals surface area (Å²) in [6.07, 6.45) is 66.3. The van der Waals surface area contributed by atoms with E-state index in [4.69, 9.17) is 4.74 Å². The van der Waals surface area contributed by atoms with E-state index in [1.54, 1.807) is 0 Å². The number of carbonyl (C=O) groups is 2. The van der Waals surface area contributed by atoms with Crippen molar-refractivity contribution in [1.29, 1.82) is 0 Å². The van der Waals surface area contributed by atoms with Gasteiger partial charge < -0.3 is 20.3 Å². The van der Waals surface area contributed by atoms with Gasteiger partial charge in [-0.1, -0.05) is 283 Å². The van der Waals surface area contributed by atoms with Gasteiger partial charge in [0.15, 0.2) is 0 Å². The molecule has 0 rings (SSSR count). The number of aliphatic hydroxyl groups is 2. The van der Waals surface area contributed by atoms with Crippen LogP contribution in [0.3, 0.4) is 0 Å². The summed E-state index contributed by atoms with van der Waals surface area (Å²) in [5.41, 5.74) is 0. The van der Waals surface area contributed by atoms with E-state index in [1.165, 1.54) is 250 Å². The van der Waals surface area contributed by atoms with Gasteiger partial charge in [-0.2, -0.15) is 0 Å². The van der Waals surface area contributed by atoms with Crippen LogP contribution in [0.25, 0.3) is 0 Å². The van der Waals surface area contributed by atoms with E-state index >= 15 is 0 Å². The standard InChI is InChI=1S/C60H117NO5/c1-3-5-7-9-11-13-15-17-19-24-28-32-36-40-44-48-52-58(63)57(56-62)61-59(64)53-49-45-41-37-33-29-25-22-21-23-27-31-35-39-43-47-51-55-66-60(65)54-50-46-42-38-34-30-26-20-18-16-14-12-10-8-6-4-2/h21,23,57-58,62-63H,3-20,22,24-56H2,1-2H3,(H,61,64)/b23-21-. The smallest absolute Gasteiger partial charge is 0.305 e. The lowest BCUT2D eigenvalue weighted by molar-refractivity contribution is -0.143. The topological polar surface area (TPSA) is 95.9 Å². The van der Waals surface area contributed by atoms with Gasteiger partial charge in [0.05, 0.1) is 25.4 Å². The molecule has 0 heterocycles. The molecule has 66 heavy (non-hydrogen) atoms. The molecular formula is C60H117NO5. The highest BCUT2D eigenvalue weighted by molar-refractivity contribution is 5.76. The number of hydrogen-bond donors (Lipinski definition) is 3. The summed E-state index contributed by atoms with van der Waals surface area (Å²) in [7, 11) is 0. The molecule has 0 radical (unpaired) electrons. The third-order valence-electron chi connectivity index (χ3n) is 14.1. The van der Waals surface area contributed by atoms with Crippen LogP contribution in [-0.2, 0) is 14.3 Å². The Morgan fingerprint density at radius 1 is 0.409 bits per heavy atom. The number of aliphatic hydroxyl groups excluding tert-OH is 2. The number of amides is 1. The molecule has 2 atom stereocenters. The van der Waals surface area contributed by atoms with Gasteiger partial charge in [0.25, 0.3) is 0 Å². The number of unbranched alkanes of at least 4 members (excludes halogenated alkanes) is 43. The number of hydrogen-bond acceptors (Lipinski definition) is 5. The SMILES string of the molecule is CCCCCCCCCCCCCCCCCCC(=O)OCCCCCCCC/C=C\CCCCCCCCCC(=O)NC(CO)C(O)CCCCCCCCCCCCCCCCCC. The second kappa shape index (κ2) is 56.2. The third kappa shape index (κ3) is 52.0.